The van der Waals surface area contributed by atoms with Gasteiger partial charge in [-0.25, -0.2) is 0 Å². The molecule has 2 aliphatic rings. The first-order valence-corrected chi connectivity index (χ1v) is 9.11. The Kier molecular flexibility index (Phi) is 6.53. The summed E-state index contributed by atoms with van der Waals surface area (Å²) < 4.78 is 5.87. The molecule has 3 nitrogen and oxygen atoms in total. The lowest BCUT2D eigenvalue weighted by Crippen LogP contribution is -2.40. The molecule has 122 valence electrons. The SMILES string of the molecule is CCN(CC)C(C)OC(=O)C(C1CCCC1)C1CCCC1. The van der Waals surface area contributed by atoms with Crippen molar-refractivity contribution in [1.29, 1.82) is 0 Å². The number of carbonyl (C=O) groups is 1. The summed E-state index contributed by atoms with van der Waals surface area (Å²) >= 11 is 0. The molecule has 0 aromatic heterocycles. The second-order valence-corrected chi connectivity index (χ2v) is 6.87. The lowest BCUT2D eigenvalue weighted by Gasteiger charge is -2.31. The van der Waals surface area contributed by atoms with Crippen LogP contribution in [0.2, 0.25) is 0 Å². The summed E-state index contributed by atoms with van der Waals surface area (Å²) in [5, 5.41) is 0. The molecule has 0 amide bonds. The molecule has 1 unspecified atom stereocenters. The Hall–Kier alpha value is -0.570. The van der Waals surface area contributed by atoms with E-state index in [2.05, 4.69) is 18.7 Å². The fourth-order valence-electron chi connectivity index (χ4n) is 4.46. The van der Waals surface area contributed by atoms with Gasteiger partial charge in [0, 0.05) is 0 Å². The third kappa shape index (κ3) is 4.21. The van der Waals surface area contributed by atoms with Crippen molar-refractivity contribution in [3.63, 3.8) is 0 Å². The second kappa shape index (κ2) is 8.17. The van der Waals surface area contributed by atoms with Crippen molar-refractivity contribution in [3.05, 3.63) is 0 Å². The molecule has 3 heteroatoms. The van der Waals surface area contributed by atoms with Crippen LogP contribution >= 0.6 is 0 Å². The van der Waals surface area contributed by atoms with Crippen molar-refractivity contribution in [2.24, 2.45) is 17.8 Å². The van der Waals surface area contributed by atoms with E-state index in [-0.39, 0.29) is 18.1 Å². The van der Waals surface area contributed by atoms with Gasteiger partial charge in [-0.05, 0) is 57.5 Å². The van der Waals surface area contributed by atoms with E-state index in [0.29, 0.717) is 11.8 Å². The summed E-state index contributed by atoms with van der Waals surface area (Å²) in [5.74, 6) is 1.44. The predicted molar refractivity (Wildman–Crippen MR) is 85.9 cm³/mol. The van der Waals surface area contributed by atoms with Gasteiger partial charge in [0.05, 0.1) is 5.92 Å². The maximum atomic E-state index is 12.8. The van der Waals surface area contributed by atoms with Crippen LogP contribution in [0.5, 0.6) is 0 Å². The summed E-state index contributed by atoms with van der Waals surface area (Å²) in [6, 6.07) is 0. The quantitative estimate of drug-likeness (QED) is 0.520. The molecule has 0 spiro atoms. The van der Waals surface area contributed by atoms with Crippen molar-refractivity contribution in [2.45, 2.75) is 78.4 Å². The first-order valence-electron chi connectivity index (χ1n) is 9.11. The van der Waals surface area contributed by atoms with Crippen LogP contribution in [0, 0.1) is 17.8 Å². The highest BCUT2D eigenvalue weighted by Crippen LogP contribution is 2.42. The van der Waals surface area contributed by atoms with Gasteiger partial charge in [0.15, 0.2) is 6.23 Å². The fraction of sp³-hybridized carbons (Fsp3) is 0.944. The molecular formula is C18H33NO2. The molecule has 2 fully saturated rings. The standard InChI is InChI=1S/C18H33NO2/c1-4-19(5-2)14(3)21-18(20)17(15-10-6-7-11-15)16-12-8-9-13-16/h14-17H,4-13H2,1-3H3. The van der Waals surface area contributed by atoms with Crippen LogP contribution in [-0.4, -0.2) is 30.2 Å². The first kappa shape index (κ1) is 16.8. The third-order valence-electron chi connectivity index (χ3n) is 5.70. The molecule has 0 heterocycles. The zero-order valence-electron chi connectivity index (χ0n) is 14.1. The van der Waals surface area contributed by atoms with Gasteiger partial charge in [-0.3, -0.25) is 9.69 Å². The average molecular weight is 295 g/mol. The number of hydrogen-bond acceptors (Lipinski definition) is 3. The number of ether oxygens (including phenoxy) is 1. The largest absolute Gasteiger partial charge is 0.446 e. The Labute approximate surface area is 130 Å². The Morgan fingerprint density at radius 2 is 1.43 bits per heavy atom. The van der Waals surface area contributed by atoms with Gasteiger partial charge in [-0.2, -0.15) is 0 Å². The van der Waals surface area contributed by atoms with Crippen LogP contribution in [-0.2, 0) is 9.53 Å². The topological polar surface area (TPSA) is 29.5 Å². The number of carbonyl (C=O) groups excluding carboxylic acids is 1. The van der Waals surface area contributed by atoms with E-state index in [9.17, 15) is 4.79 Å². The van der Waals surface area contributed by atoms with Gasteiger partial charge < -0.3 is 4.74 Å². The van der Waals surface area contributed by atoms with Crippen LogP contribution in [0.1, 0.15) is 72.1 Å². The van der Waals surface area contributed by atoms with Crippen LogP contribution in [0.4, 0.5) is 0 Å². The van der Waals surface area contributed by atoms with Crippen molar-refractivity contribution < 1.29 is 9.53 Å². The van der Waals surface area contributed by atoms with Gasteiger partial charge in [0.2, 0.25) is 0 Å². The molecular weight excluding hydrogens is 262 g/mol. The number of rotatable bonds is 7. The summed E-state index contributed by atoms with van der Waals surface area (Å²) in [6.07, 6.45) is 10.0. The molecule has 0 saturated heterocycles. The highest BCUT2D eigenvalue weighted by atomic mass is 16.6. The van der Waals surface area contributed by atoms with Gasteiger partial charge in [0.1, 0.15) is 0 Å². The first-order chi connectivity index (χ1) is 10.2. The van der Waals surface area contributed by atoms with Crippen molar-refractivity contribution in [1.82, 2.24) is 4.90 Å². The van der Waals surface area contributed by atoms with Gasteiger partial charge in [-0.15, -0.1) is 0 Å². The summed E-state index contributed by atoms with van der Waals surface area (Å²) in [7, 11) is 0. The molecule has 2 aliphatic carbocycles. The van der Waals surface area contributed by atoms with E-state index >= 15 is 0 Å². The monoisotopic (exact) mass is 295 g/mol. The Morgan fingerprint density at radius 3 is 1.81 bits per heavy atom. The summed E-state index contributed by atoms with van der Waals surface area (Å²) in [5.41, 5.74) is 0. The predicted octanol–water partition coefficient (Wildman–Crippen LogP) is 4.21. The highest BCUT2D eigenvalue weighted by Gasteiger charge is 2.39. The van der Waals surface area contributed by atoms with Crippen LogP contribution in [0.3, 0.4) is 0 Å². The van der Waals surface area contributed by atoms with E-state index in [1.54, 1.807) is 0 Å². The van der Waals surface area contributed by atoms with Crippen LogP contribution in [0.25, 0.3) is 0 Å². The maximum absolute atomic E-state index is 12.8. The normalized spacial score (nSPS) is 22.3. The van der Waals surface area contributed by atoms with Crippen molar-refractivity contribution >= 4 is 5.97 Å². The Balaban J connectivity index is 1.99. The number of hydrogen-bond donors (Lipinski definition) is 0. The van der Waals surface area contributed by atoms with Crippen LogP contribution in [0.15, 0.2) is 0 Å². The smallest absolute Gasteiger partial charge is 0.311 e. The molecule has 0 radical (unpaired) electrons. The molecule has 0 aromatic rings. The maximum Gasteiger partial charge on any atom is 0.311 e. The minimum absolute atomic E-state index is 0.0854. The zero-order chi connectivity index (χ0) is 15.2. The molecule has 2 rings (SSSR count). The lowest BCUT2D eigenvalue weighted by atomic mass is 9.79. The minimum atomic E-state index is -0.0854. The summed E-state index contributed by atoms with van der Waals surface area (Å²) in [6.45, 7) is 8.13. The van der Waals surface area contributed by atoms with Crippen LogP contribution < -0.4 is 0 Å². The van der Waals surface area contributed by atoms with E-state index in [1.165, 1.54) is 51.4 Å². The van der Waals surface area contributed by atoms with Gasteiger partial charge in [-0.1, -0.05) is 39.5 Å². The molecule has 0 N–H and O–H groups in total. The number of esters is 1. The van der Waals surface area contributed by atoms with Gasteiger partial charge >= 0.3 is 5.97 Å². The van der Waals surface area contributed by atoms with E-state index in [4.69, 9.17) is 4.74 Å². The van der Waals surface area contributed by atoms with Crippen molar-refractivity contribution in [3.8, 4) is 0 Å². The lowest BCUT2D eigenvalue weighted by molar-refractivity contribution is -0.166. The average Bonchev–Trinajstić information content (AvgIpc) is 3.14. The summed E-state index contributed by atoms with van der Waals surface area (Å²) in [4.78, 5) is 15.0. The molecule has 0 aliphatic heterocycles. The number of nitrogens with zero attached hydrogens (tertiary/aromatic N) is 1. The molecule has 0 bridgehead atoms. The van der Waals surface area contributed by atoms with E-state index in [1.807, 2.05) is 6.92 Å². The Morgan fingerprint density at radius 1 is 1.00 bits per heavy atom. The second-order valence-electron chi connectivity index (χ2n) is 6.87. The van der Waals surface area contributed by atoms with E-state index in [0.717, 1.165) is 13.1 Å². The molecule has 1 atom stereocenters. The molecule has 0 aromatic carbocycles. The zero-order valence-corrected chi connectivity index (χ0v) is 14.1. The van der Waals surface area contributed by atoms with Gasteiger partial charge in [0.25, 0.3) is 0 Å². The fourth-order valence-corrected chi connectivity index (χ4v) is 4.46. The highest BCUT2D eigenvalue weighted by molar-refractivity contribution is 5.73. The van der Waals surface area contributed by atoms with Crippen molar-refractivity contribution in [2.75, 3.05) is 13.1 Å². The Bertz CT molecular complexity index is 299. The molecule has 2 saturated carbocycles. The van der Waals surface area contributed by atoms with E-state index < -0.39 is 0 Å². The minimum Gasteiger partial charge on any atom is -0.446 e. The third-order valence-corrected chi connectivity index (χ3v) is 5.70. The molecule has 21 heavy (non-hydrogen) atoms.